The summed E-state index contributed by atoms with van der Waals surface area (Å²) >= 11 is 4.64. The summed E-state index contributed by atoms with van der Waals surface area (Å²) in [5, 5.41) is 0. The second-order valence-corrected chi connectivity index (χ2v) is 7.00. The van der Waals surface area contributed by atoms with Crippen LogP contribution in [0.5, 0.6) is 0 Å². The maximum absolute atomic E-state index is 4.64. The zero-order valence-corrected chi connectivity index (χ0v) is 13.6. The predicted molar refractivity (Wildman–Crippen MR) is 88.9 cm³/mol. The van der Waals surface area contributed by atoms with Crippen LogP contribution in [-0.2, 0) is 5.41 Å². The molecule has 0 N–H and O–H groups in total. The van der Waals surface area contributed by atoms with Crippen LogP contribution in [0.25, 0.3) is 5.57 Å². The number of rotatable bonds is 1. The molecule has 0 spiro atoms. The van der Waals surface area contributed by atoms with E-state index in [9.17, 15) is 0 Å². The van der Waals surface area contributed by atoms with Gasteiger partial charge in [0.15, 0.2) is 0 Å². The van der Waals surface area contributed by atoms with Crippen molar-refractivity contribution in [2.45, 2.75) is 52.9 Å². The van der Waals surface area contributed by atoms with Gasteiger partial charge in [-0.2, -0.15) is 0 Å². The Bertz CT molecular complexity index is 531. The molecule has 0 saturated carbocycles. The molecule has 0 bridgehead atoms. The molecule has 0 aromatic heterocycles. The van der Waals surface area contributed by atoms with Crippen molar-refractivity contribution in [2.24, 2.45) is 0 Å². The van der Waals surface area contributed by atoms with Crippen LogP contribution in [0.1, 0.15) is 55.9 Å². The van der Waals surface area contributed by atoms with Gasteiger partial charge in [-0.3, -0.25) is 0 Å². The molecule has 1 aromatic rings. The summed E-state index contributed by atoms with van der Waals surface area (Å²) in [7, 11) is 0. The molecule has 0 radical (unpaired) electrons. The van der Waals surface area contributed by atoms with Crippen molar-refractivity contribution in [3.63, 3.8) is 0 Å². The van der Waals surface area contributed by atoms with E-state index in [0.717, 1.165) is 17.7 Å². The second kappa shape index (κ2) is 5.20. The van der Waals surface area contributed by atoms with E-state index in [1.165, 1.54) is 27.8 Å². The Morgan fingerprint density at radius 1 is 0.947 bits per heavy atom. The molecule has 1 aromatic carbocycles. The van der Waals surface area contributed by atoms with Crippen molar-refractivity contribution in [3.05, 3.63) is 51.4 Å². The van der Waals surface area contributed by atoms with Gasteiger partial charge in [0.05, 0.1) is 0 Å². The van der Waals surface area contributed by atoms with E-state index in [4.69, 9.17) is 0 Å². The lowest BCUT2D eigenvalue weighted by Crippen LogP contribution is -2.12. The van der Waals surface area contributed by atoms with Crippen LogP contribution < -0.4 is 0 Å². The van der Waals surface area contributed by atoms with Gasteiger partial charge in [0.2, 0.25) is 0 Å². The third kappa shape index (κ3) is 2.97. The average Bonchev–Trinajstić information content (AvgIpc) is 2.29. The highest BCUT2D eigenvalue weighted by Gasteiger charge is 2.18. The highest BCUT2D eigenvalue weighted by molar-refractivity contribution is 7.85. The fourth-order valence-corrected chi connectivity index (χ4v) is 3.05. The van der Waals surface area contributed by atoms with Gasteiger partial charge in [0.25, 0.3) is 0 Å². The summed E-state index contributed by atoms with van der Waals surface area (Å²) in [6.45, 7) is 11.2. The Balaban J connectivity index is 2.55. The minimum atomic E-state index is 0.203. The van der Waals surface area contributed by atoms with Crippen molar-refractivity contribution < 1.29 is 0 Å². The smallest absolute Gasteiger partial charge is 0.00756 e. The van der Waals surface area contributed by atoms with Crippen molar-refractivity contribution >= 4 is 18.2 Å². The van der Waals surface area contributed by atoms with Gasteiger partial charge in [-0.25, -0.2) is 0 Å². The Kier molecular flexibility index (Phi) is 3.96. The van der Waals surface area contributed by atoms with Crippen molar-refractivity contribution in [1.29, 1.82) is 0 Å². The van der Waals surface area contributed by atoms with Crippen LogP contribution >= 0.6 is 12.6 Å². The SMILES string of the molecule is Cc1cc(C(C)(C)C)cc(C)c1C1=CCCC=C1S. The Morgan fingerprint density at radius 3 is 1.95 bits per heavy atom. The molecule has 0 aliphatic heterocycles. The summed E-state index contributed by atoms with van der Waals surface area (Å²) in [6, 6.07) is 4.66. The van der Waals surface area contributed by atoms with E-state index in [2.05, 4.69) is 71.5 Å². The molecule has 1 aliphatic carbocycles. The van der Waals surface area contributed by atoms with Crippen LogP contribution in [-0.4, -0.2) is 0 Å². The number of hydrogen-bond acceptors (Lipinski definition) is 1. The zero-order valence-electron chi connectivity index (χ0n) is 12.7. The third-order valence-electron chi connectivity index (χ3n) is 3.80. The largest absolute Gasteiger partial charge is 0.143 e. The normalized spacial score (nSPS) is 16.1. The topological polar surface area (TPSA) is 0 Å². The molecule has 0 saturated heterocycles. The monoisotopic (exact) mass is 272 g/mol. The number of aryl methyl sites for hydroxylation is 2. The molecule has 0 amide bonds. The van der Waals surface area contributed by atoms with E-state index in [1.807, 2.05) is 0 Å². The standard InChI is InChI=1S/C18H24S/c1-12-10-14(18(3,4)5)11-13(2)17(12)15-8-6-7-9-16(15)19/h8-11,19H,6-7H2,1-5H3. The van der Waals surface area contributed by atoms with Crippen LogP contribution in [0.2, 0.25) is 0 Å². The second-order valence-electron chi connectivity index (χ2n) is 6.52. The first-order valence-corrected chi connectivity index (χ1v) is 7.47. The van der Waals surface area contributed by atoms with Crippen LogP contribution in [0, 0.1) is 13.8 Å². The van der Waals surface area contributed by atoms with Gasteiger partial charge < -0.3 is 0 Å². The minimum Gasteiger partial charge on any atom is -0.143 e. The van der Waals surface area contributed by atoms with E-state index in [-0.39, 0.29) is 5.41 Å². The first-order valence-electron chi connectivity index (χ1n) is 7.02. The molecule has 2 rings (SSSR count). The van der Waals surface area contributed by atoms with Gasteiger partial charge in [-0.1, -0.05) is 45.1 Å². The molecule has 102 valence electrons. The molecule has 19 heavy (non-hydrogen) atoms. The maximum atomic E-state index is 4.64. The van der Waals surface area contributed by atoms with E-state index in [0.29, 0.717) is 0 Å². The lowest BCUT2D eigenvalue weighted by molar-refractivity contribution is 0.589. The van der Waals surface area contributed by atoms with Crippen LogP contribution in [0.3, 0.4) is 0 Å². The van der Waals surface area contributed by atoms with Gasteiger partial charge in [-0.05, 0) is 59.9 Å². The van der Waals surface area contributed by atoms with Gasteiger partial charge in [-0.15, -0.1) is 12.6 Å². The van der Waals surface area contributed by atoms with Crippen molar-refractivity contribution in [2.75, 3.05) is 0 Å². The van der Waals surface area contributed by atoms with E-state index >= 15 is 0 Å². The fraction of sp³-hybridized carbons (Fsp3) is 0.444. The first kappa shape index (κ1) is 14.5. The average molecular weight is 272 g/mol. The minimum absolute atomic E-state index is 0.203. The fourth-order valence-electron chi connectivity index (χ4n) is 2.71. The van der Waals surface area contributed by atoms with Crippen molar-refractivity contribution in [3.8, 4) is 0 Å². The number of allylic oxidation sites excluding steroid dienone is 3. The van der Waals surface area contributed by atoms with Gasteiger partial charge in [0.1, 0.15) is 0 Å². The van der Waals surface area contributed by atoms with Gasteiger partial charge in [0, 0.05) is 4.91 Å². The number of benzene rings is 1. The first-order chi connectivity index (χ1) is 8.80. The Labute approximate surface area is 123 Å². The van der Waals surface area contributed by atoms with Crippen molar-refractivity contribution in [1.82, 2.24) is 0 Å². The third-order valence-corrected chi connectivity index (χ3v) is 4.22. The molecule has 0 atom stereocenters. The van der Waals surface area contributed by atoms with Crippen LogP contribution in [0.15, 0.2) is 29.2 Å². The maximum Gasteiger partial charge on any atom is 0.00756 e. The molecule has 1 aliphatic rings. The summed E-state index contributed by atoms with van der Waals surface area (Å²) in [5.74, 6) is 0. The molecule has 0 fully saturated rings. The van der Waals surface area contributed by atoms with E-state index in [1.54, 1.807) is 0 Å². The lowest BCUT2D eigenvalue weighted by Gasteiger charge is -2.24. The van der Waals surface area contributed by atoms with Gasteiger partial charge >= 0.3 is 0 Å². The highest BCUT2D eigenvalue weighted by atomic mass is 32.1. The number of thiol groups is 1. The summed E-state index contributed by atoms with van der Waals surface area (Å²) < 4.78 is 0. The number of hydrogen-bond donors (Lipinski definition) is 1. The quantitative estimate of drug-likeness (QED) is 0.633. The highest BCUT2D eigenvalue weighted by Crippen LogP contribution is 2.36. The molecule has 0 nitrogen and oxygen atoms in total. The summed E-state index contributed by atoms with van der Waals surface area (Å²) in [5.41, 5.74) is 7.01. The molecular formula is C18H24S. The van der Waals surface area contributed by atoms with E-state index < -0.39 is 0 Å². The van der Waals surface area contributed by atoms with Crippen LogP contribution in [0.4, 0.5) is 0 Å². The Hall–Kier alpha value is -0.950. The Morgan fingerprint density at radius 2 is 1.47 bits per heavy atom. The predicted octanol–water partition coefficient (Wildman–Crippen LogP) is 5.59. The molecule has 1 heteroatoms. The molecule has 0 unspecified atom stereocenters. The zero-order chi connectivity index (χ0) is 14.2. The summed E-state index contributed by atoms with van der Waals surface area (Å²) in [4.78, 5) is 1.13. The molecule has 0 heterocycles. The lowest BCUT2D eigenvalue weighted by atomic mass is 9.82. The summed E-state index contributed by atoms with van der Waals surface area (Å²) in [6.07, 6.45) is 6.79. The molecular weight excluding hydrogens is 248 g/mol.